The second-order valence-electron chi connectivity index (χ2n) is 7.55. The molecule has 2 heterocycles. The molecule has 2 fully saturated rings. The lowest BCUT2D eigenvalue weighted by atomic mass is 9.89. The van der Waals surface area contributed by atoms with Crippen molar-refractivity contribution in [3.63, 3.8) is 0 Å². The predicted octanol–water partition coefficient (Wildman–Crippen LogP) is 3.91. The van der Waals surface area contributed by atoms with Gasteiger partial charge in [-0.25, -0.2) is 4.39 Å². The lowest BCUT2D eigenvalue weighted by molar-refractivity contribution is -0.132. The summed E-state index contributed by atoms with van der Waals surface area (Å²) < 4.78 is 13.8. The maximum atomic E-state index is 13.8. The van der Waals surface area contributed by atoms with E-state index in [1.807, 2.05) is 23.1 Å². The maximum Gasteiger partial charge on any atom is 0.223 e. The Kier molecular flexibility index (Phi) is 6.18. The minimum absolute atomic E-state index is 0. The lowest BCUT2D eigenvalue weighted by Gasteiger charge is -2.28. The van der Waals surface area contributed by atoms with E-state index in [1.54, 1.807) is 12.1 Å². The fourth-order valence-electron chi connectivity index (χ4n) is 4.57. The number of likely N-dealkylation sites (tertiary alicyclic amines) is 1. The first kappa shape index (κ1) is 19.8. The van der Waals surface area contributed by atoms with Crippen LogP contribution in [0.5, 0.6) is 0 Å². The van der Waals surface area contributed by atoms with Crippen molar-refractivity contribution in [1.29, 1.82) is 0 Å². The zero-order chi connectivity index (χ0) is 18.1. The molecule has 0 bridgehead atoms. The molecule has 4 rings (SSSR count). The lowest BCUT2D eigenvalue weighted by Crippen LogP contribution is -2.34. The monoisotopic (exact) mass is 388 g/mol. The van der Waals surface area contributed by atoms with Gasteiger partial charge >= 0.3 is 0 Å². The van der Waals surface area contributed by atoms with E-state index in [1.165, 1.54) is 17.2 Å². The van der Waals surface area contributed by atoms with Gasteiger partial charge in [-0.05, 0) is 48.1 Å². The molecule has 27 heavy (non-hydrogen) atoms. The molecule has 0 aliphatic carbocycles. The highest BCUT2D eigenvalue weighted by atomic mass is 35.5. The molecule has 0 saturated carbocycles. The van der Waals surface area contributed by atoms with E-state index < -0.39 is 0 Å². The van der Waals surface area contributed by atoms with Gasteiger partial charge in [-0.2, -0.15) is 0 Å². The Bertz CT molecular complexity index is 812. The third-order valence-electron chi connectivity index (χ3n) is 5.94. The number of carbonyl (C=O) groups is 1. The molecule has 144 valence electrons. The molecule has 0 unspecified atom stereocenters. The number of carbonyl (C=O) groups excluding carboxylic acids is 1. The quantitative estimate of drug-likeness (QED) is 0.861. The summed E-state index contributed by atoms with van der Waals surface area (Å²) in [6, 6.07) is 15.0. The number of nitrogens with zero attached hydrogens (tertiary/aromatic N) is 1. The molecule has 0 aromatic heterocycles. The second-order valence-corrected chi connectivity index (χ2v) is 7.55. The first-order valence-corrected chi connectivity index (χ1v) is 9.43. The van der Waals surface area contributed by atoms with Crippen molar-refractivity contribution in [1.82, 2.24) is 10.2 Å². The van der Waals surface area contributed by atoms with Gasteiger partial charge in [-0.15, -0.1) is 12.4 Å². The molecule has 0 spiro atoms. The molecule has 5 heteroatoms. The predicted molar refractivity (Wildman–Crippen MR) is 107 cm³/mol. The van der Waals surface area contributed by atoms with Crippen LogP contribution in [-0.2, 0) is 11.2 Å². The van der Waals surface area contributed by atoms with Gasteiger partial charge < -0.3 is 10.2 Å². The van der Waals surface area contributed by atoms with Crippen molar-refractivity contribution < 1.29 is 9.18 Å². The van der Waals surface area contributed by atoms with Crippen LogP contribution in [-0.4, -0.2) is 30.4 Å². The maximum absolute atomic E-state index is 13.8. The normalized spacial score (nSPS) is 23.8. The van der Waals surface area contributed by atoms with Gasteiger partial charge in [0.25, 0.3) is 0 Å². The first-order valence-electron chi connectivity index (χ1n) is 9.43. The van der Waals surface area contributed by atoms with E-state index in [9.17, 15) is 9.18 Å². The van der Waals surface area contributed by atoms with Gasteiger partial charge in [0.2, 0.25) is 5.91 Å². The fraction of sp³-hybridized carbons (Fsp3) is 0.409. The van der Waals surface area contributed by atoms with Crippen LogP contribution in [0.15, 0.2) is 48.5 Å². The second kappa shape index (κ2) is 8.41. The van der Waals surface area contributed by atoms with Crippen molar-refractivity contribution in [2.75, 3.05) is 19.6 Å². The van der Waals surface area contributed by atoms with Crippen LogP contribution < -0.4 is 5.32 Å². The van der Waals surface area contributed by atoms with Crippen molar-refractivity contribution in [2.45, 2.75) is 25.8 Å². The van der Waals surface area contributed by atoms with E-state index in [0.717, 1.165) is 31.6 Å². The van der Waals surface area contributed by atoms with Crippen LogP contribution in [0.4, 0.5) is 4.39 Å². The SMILES string of the molecule is Cc1ccccc1CCC(=O)N1C[C@@H]2CNC[C@@H]2[C@H]1c1cccc(F)c1.Cl. The Hall–Kier alpha value is -1.91. The van der Waals surface area contributed by atoms with Crippen molar-refractivity contribution >= 4 is 18.3 Å². The van der Waals surface area contributed by atoms with E-state index in [-0.39, 0.29) is 30.2 Å². The molecule has 2 saturated heterocycles. The third kappa shape index (κ3) is 4.02. The van der Waals surface area contributed by atoms with Crippen LogP contribution in [0.2, 0.25) is 0 Å². The van der Waals surface area contributed by atoms with E-state index in [4.69, 9.17) is 0 Å². The van der Waals surface area contributed by atoms with Gasteiger partial charge in [0.1, 0.15) is 5.82 Å². The largest absolute Gasteiger partial charge is 0.335 e. The molecule has 3 atom stereocenters. The third-order valence-corrected chi connectivity index (χ3v) is 5.94. The van der Waals surface area contributed by atoms with Gasteiger partial charge in [0, 0.05) is 32.0 Å². The summed E-state index contributed by atoms with van der Waals surface area (Å²) in [5, 5.41) is 3.43. The average molecular weight is 389 g/mol. The highest BCUT2D eigenvalue weighted by Gasteiger charge is 2.46. The Morgan fingerprint density at radius 3 is 2.78 bits per heavy atom. The summed E-state index contributed by atoms with van der Waals surface area (Å²) >= 11 is 0. The van der Waals surface area contributed by atoms with Gasteiger partial charge in [0.05, 0.1) is 6.04 Å². The zero-order valence-electron chi connectivity index (χ0n) is 15.5. The van der Waals surface area contributed by atoms with Gasteiger partial charge in [0.15, 0.2) is 0 Å². The Morgan fingerprint density at radius 1 is 1.19 bits per heavy atom. The summed E-state index contributed by atoms with van der Waals surface area (Å²) in [5.41, 5.74) is 3.37. The Balaban J connectivity index is 0.00000210. The van der Waals surface area contributed by atoms with Crippen LogP contribution in [0.3, 0.4) is 0 Å². The van der Waals surface area contributed by atoms with Gasteiger partial charge in [-0.3, -0.25) is 4.79 Å². The average Bonchev–Trinajstić information content (AvgIpc) is 3.21. The molecule has 2 aromatic carbocycles. The Morgan fingerprint density at radius 2 is 2.00 bits per heavy atom. The van der Waals surface area contributed by atoms with Gasteiger partial charge in [-0.1, -0.05) is 36.4 Å². The number of rotatable bonds is 4. The highest BCUT2D eigenvalue weighted by molar-refractivity contribution is 5.85. The smallest absolute Gasteiger partial charge is 0.223 e. The molecule has 2 aliphatic rings. The molecule has 2 aliphatic heterocycles. The number of fused-ring (bicyclic) bond motifs is 1. The van der Waals surface area contributed by atoms with Crippen LogP contribution in [0, 0.1) is 24.6 Å². The van der Waals surface area contributed by atoms with E-state index in [2.05, 4.69) is 24.4 Å². The number of hydrogen-bond acceptors (Lipinski definition) is 2. The molecule has 2 aromatic rings. The van der Waals surface area contributed by atoms with E-state index in [0.29, 0.717) is 18.3 Å². The molecular formula is C22H26ClFN2O. The number of nitrogens with one attached hydrogen (secondary N) is 1. The summed E-state index contributed by atoms with van der Waals surface area (Å²) in [7, 11) is 0. The Labute approximate surface area is 166 Å². The minimum Gasteiger partial charge on any atom is -0.335 e. The topological polar surface area (TPSA) is 32.3 Å². The first-order chi connectivity index (χ1) is 12.6. The molecular weight excluding hydrogens is 363 g/mol. The molecule has 3 nitrogen and oxygen atoms in total. The number of hydrogen-bond donors (Lipinski definition) is 1. The summed E-state index contributed by atoms with van der Waals surface area (Å²) in [5.74, 6) is 0.783. The number of aryl methyl sites for hydroxylation is 2. The summed E-state index contributed by atoms with van der Waals surface area (Å²) in [6.45, 7) is 4.69. The van der Waals surface area contributed by atoms with E-state index >= 15 is 0 Å². The summed E-state index contributed by atoms with van der Waals surface area (Å²) in [4.78, 5) is 15.0. The minimum atomic E-state index is -0.232. The zero-order valence-corrected chi connectivity index (χ0v) is 16.3. The molecule has 1 amide bonds. The standard InChI is InChI=1S/C22H25FN2O.ClH/c1-15-5-2-3-6-16(15)9-10-21(26)25-14-18-12-24-13-20(18)22(25)17-7-4-8-19(23)11-17;/h2-8,11,18,20,22,24H,9-10,12-14H2,1H3;1H/t18-,20-,22+;/m0./s1. The molecule has 1 N–H and O–H groups in total. The number of benzene rings is 2. The van der Waals surface area contributed by atoms with Crippen LogP contribution in [0.1, 0.15) is 29.2 Å². The van der Waals surface area contributed by atoms with Crippen LogP contribution in [0.25, 0.3) is 0 Å². The van der Waals surface area contributed by atoms with Crippen molar-refractivity contribution in [3.8, 4) is 0 Å². The van der Waals surface area contributed by atoms with Crippen molar-refractivity contribution in [2.24, 2.45) is 11.8 Å². The fourth-order valence-corrected chi connectivity index (χ4v) is 4.57. The number of amides is 1. The summed E-state index contributed by atoms with van der Waals surface area (Å²) in [6.07, 6.45) is 1.26. The molecule has 0 radical (unpaired) electrons. The van der Waals surface area contributed by atoms with Crippen LogP contribution >= 0.6 is 12.4 Å². The van der Waals surface area contributed by atoms with Crippen molar-refractivity contribution in [3.05, 3.63) is 71.0 Å². The number of halogens is 2. The highest BCUT2D eigenvalue weighted by Crippen LogP contribution is 2.43.